The van der Waals surface area contributed by atoms with Gasteiger partial charge in [-0.2, -0.15) is 26.3 Å². The largest absolute Gasteiger partial charge is 0.416 e. The van der Waals surface area contributed by atoms with Gasteiger partial charge in [0.1, 0.15) is 5.82 Å². The molecule has 0 radical (unpaired) electrons. The van der Waals surface area contributed by atoms with Gasteiger partial charge in [0.2, 0.25) is 0 Å². The molecule has 1 atom stereocenters. The average molecular weight is 477 g/mol. The standard InChI is InChI=1S/C22H22F7N3O/c1-13-7-17(23)3-4-18(13)19-11-30-5-6-32(19)20(33)31(2)12-14-8-15(21(24,25)26)10-16(9-14)22(27,28)29/h3-4,7-10,19,30H,5-6,11-12H2,1-2H3/t19-/m0/s1. The number of alkyl halides is 6. The SMILES string of the molecule is Cc1cc(F)ccc1[C@@H]1CNCCN1C(=O)N(C)Cc1cc(C(F)(F)F)cc(C(F)(F)F)c1. The van der Waals surface area contributed by atoms with Crippen molar-refractivity contribution >= 4 is 6.03 Å². The summed E-state index contributed by atoms with van der Waals surface area (Å²) in [5.41, 5.74) is -1.84. The number of amides is 2. The van der Waals surface area contributed by atoms with Crippen molar-refractivity contribution in [3.63, 3.8) is 0 Å². The number of urea groups is 1. The Hall–Kier alpha value is -2.82. The van der Waals surface area contributed by atoms with Crippen molar-refractivity contribution in [3.05, 3.63) is 70.0 Å². The predicted octanol–water partition coefficient (Wildman–Crippen LogP) is 5.37. The quantitative estimate of drug-likeness (QED) is 0.604. The summed E-state index contributed by atoms with van der Waals surface area (Å²) >= 11 is 0. The fourth-order valence-corrected chi connectivity index (χ4v) is 3.90. The number of hydrogen-bond donors (Lipinski definition) is 1. The maximum Gasteiger partial charge on any atom is 0.416 e. The minimum atomic E-state index is -4.97. The summed E-state index contributed by atoms with van der Waals surface area (Å²) in [7, 11) is 1.31. The minimum Gasteiger partial charge on any atom is -0.323 e. The van der Waals surface area contributed by atoms with Crippen molar-refractivity contribution < 1.29 is 35.5 Å². The molecule has 0 aliphatic carbocycles. The highest BCUT2D eigenvalue weighted by molar-refractivity contribution is 5.75. The van der Waals surface area contributed by atoms with Gasteiger partial charge in [0.05, 0.1) is 17.2 Å². The highest BCUT2D eigenvalue weighted by atomic mass is 19.4. The second-order valence-electron chi connectivity index (χ2n) is 7.97. The summed E-state index contributed by atoms with van der Waals surface area (Å²) < 4.78 is 92.3. The average Bonchev–Trinajstić information content (AvgIpc) is 2.72. The molecule has 0 bridgehead atoms. The number of aryl methyl sites for hydroxylation is 1. The number of benzene rings is 2. The normalized spacial score (nSPS) is 17.2. The van der Waals surface area contributed by atoms with Crippen molar-refractivity contribution in [2.24, 2.45) is 0 Å². The summed E-state index contributed by atoms with van der Waals surface area (Å²) in [5.74, 6) is -0.431. The lowest BCUT2D eigenvalue weighted by Crippen LogP contribution is -2.52. The Kier molecular flexibility index (Phi) is 6.92. The number of hydrogen-bond acceptors (Lipinski definition) is 2. The number of halogens is 7. The van der Waals surface area contributed by atoms with Crippen LogP contribution in [0, 0.1) is 12.7 Å². The third-order valence-corrected chi connectivity index (χ3v) is 5.47. The topological polar surface area (TPSA) is 35.6 Å². The van der Waals surface area contributed by atoms with E-state index in [-0.39, 0.29) is 18.2 Å². The van der Waals surface area contributed by atoms with E-state index < -0.39 is 47.9 Å². The number of carbonyl (C=O) groups excluding carboxylic acids is 1. The second-order valence-corrected chi connectivity index (χ2v) is 7.97. The summed E-state index contributed by atoms with van der Waals surface area (Å²) in [6.45, 7) is 2.33. The van der Waals surface area contributed by atoms with Gasteiger partial charge in [0.25, 0.3) is 0 Å². The van der Waals surface area contributed by atoms with Gasteiger partial charge in [0, 0.05) is 33.2 Å². The molecular weight excluding hydrogens is 455 g/mol. The molecule has 2 amide bonds. The molecule has 4 nitrogen and oxygen atoms in total. The van der Waals surface area contributed by atoms with Gasteiger partial charge in [-0.25, -0.2) is 9.18 Å². The molecule has 0 unspecified atom stereocenters. The molecule has 11 heteroatoms. The fourth-order valence-electron chi connectivity index (χ4n) is 3.90. The molecule has 1 heterocycles. The lowest BCUT2D eigenvalue weighted by Gasteiger charge is -2.39. The van der Waals surface area contributed by atoms with E-state index in [0.29, 0.717) is 36.3 Å². The van der Waals surface area contributed by atoms with E-state index in [1.807, 2.05) is 0 Å². The molecule has 0 aromatic heterocycles. The van der Waals surface area contributed by atoms with Crippen LogP contribution in [-0.4, -0.2) is 42.5 Å². The van der Waals surface area contributed by atoms with E-state index in [2.05, 4.69) is 5.32 Å². The zero-order chi connectivity index (χ0) is 24.6. The number of carbonyl (C=O) groups is 1. The highest BCUT2D eigenvalue weighted by Crippen LogP contribution is 2.36. The van der Waals surface area contributed by atoms with Crippen LogP contribution in [0.1, 0.15) is 33.9 Å². The first-order valence-corrected chi connectivity index (χ1v) is 10.0. The third-order valence-electron chi connectivity index (χ3n) is 5.47. The number of nitrogens with one attached hydrogen (secondary N) is 1. The maximum absolute atomic E-state index is 13.5. The highest BCUT2D eigenvalue weighted by Gasteiger charge is 2.37. The van der Waals surface area contributed by atoms with Gasteiger partial charge < -0.3 is 15.1 Å². The molecule has 1 aliphatic rings. The van der Waals surface area contributed by atoms with Crippen molar-refractivity contribution in [2.45, 2.75) is 31.9 Å². The molecule has 180 valence electrons. The van der Waals surface area contributed by atoms with Gasteiger partial charge in [0.15, 0.2) is 0 Å². The zero-order valence-corrected chi connectivity index (χ0v) is 17.8. The first-order valence-electron chi connectivity index (χ1n) is 10.0. The Morgan fingerprint density at radius 2 is 1.67 bits per heavy atom. The van der Waals surface area contributed by atoms with Crippen molar-refractivity contribution in [2.75, 3.05) is 26.7 Å². The molecule has 0 spiro atoms. The van der Waals surface area contributed by atoms with Crippen LogP contribution < -0.4 is 5.32 Å². The van der Waals surface area contributed by atoms with Crippen LogP contribution in [0.4, 0.5) is 35.5 Å². The van der Waals surface area contributed by atoms with E-state index in [9.17, 15) is 35.5 Å². The van der Waals surface area contributed by atoms with Crippen LogP contribution in [0.3, 0.4) is 0 Å². The monoisotopic (exact) mass is 477 g/mol. The molecule has 0 saturated carbocycles. The van der Waals surface area contributed by atoms with E-state index in [4.69, 9.17) is 0 Å². The first-order chi connectivity index (χ1) is 15.3. The Morgan fingerprint density at radius 3 is 2.21 bits per heavy atom. The Balaban J connectivity index is 1.87. The number of piperazine rings is 1. The molecule has 1 fully saturated rings. The summed E-state index contributed by atoms with van der Waals surface area (Å²) in [5, 5.41) is 3.14. The molecule has 2 aromatic rings. The Morgan fingerprint density at radius 1 is 1.06 bits per heavy atom. The first kappa shape index (κ1) is 24.8. The second kappa shape index (κ2) is 9.20. The van der Waals surface area contributed by atoms with Crippen molar-refractivity contribution in [1.29, 1.82) is 0 Å². The van der Waals surface area contributed by atoms with Crippen LogP contribution in [0.5, 0.6) is 0 Å². The van der Waals surface area contributed by atoms with Gasteiger partial charge in [-0.05, 0) is 53.9 Å². The third kappa shape index (κ3) is 5.76. The van der Waals surface area contributed by atoms with Gasteiger partial charge >= 0.3 is 18.4 Å². The number of rotatable bonds is 3. The van der Waals surface area contributed by atoms with Gasteiger partial charge in [-0.3, -0.25) is 0 Å². The van der Waals surface area contributed by atoms with Crippen molar-refractivity contribution in [1.82, 2.24) is 15.1 Å². The van der Waals surface area contributed by atoms with Gasteiger partial charge in [-0.15, -0.1) is 0 Å². The minimum absolute atomic E-state index is 0.0506. The van der Waals surface area contributed by atoms with Gasteiger partial charge in [-0.1, -0.05) is 6.07 Å². The lowest BCUT2D eigenvalue weighted by atomic mass is 9.98. The van der Waals surface area contributed by atoms with Crippen LogP contribution in [0.25, 0.3) is 0 Å². The fraction of sp³-hybridized carbons (Fsp3) is 0.409. The summed E-state index contributed by atoms with van der Waals surface area (Å²) in [6.07, 6.45) is -9.94. The van der Waals surface area contributed by atoms with Crippen molar-refractivity contribution in [3.8, 4) is 0 Å². The van der Waals surface area contributed by atoms with E-state index in [0.717, 1.165) is 4.90 Å². The molecule has 1 saturated heterocycles. The smallest absolute Gasteiger partial charge is 0.323 e. The lowest BCUT2D eigenvalue weighted by molar-refractivity contribution is -0.143. The van der Waals surface area contributed by atoms with E-state index >= 15 is 0 Å². The maximum atomic E-state index is 13.5. The molecular formula is C22H22F7N3O. The zero-order valence-electron chi connectivity index (χ0n) is 17.8. The van der Waals surface area contributed by atoms with E-state index in [1.165, 1.54) is 24.1 Å². The summed E-state index contributed by atoms with van der Waals surface area (Å²) in [4.78, 5) is 15.7. The van der Waals surface area contributed by atoms with Crippen LogP contribution >= 0.6 is 0 Å². The molecule has 3 rings (SSSR count). The predicted molar refractivity (Wildman–Crippen MR) is 107 cm³/mol. The van der Waals surface area contributed by atoms with Crippen LogP contribution in [0.2, 0.25) is 0 Å². The van der Waals surface area contributed by atoms with E-state index in [1.54, 1.807) is 13.0 Å². The van der Waals surface area contributed by atoms with Crippen LogP contribution in [0.15, 0.2) is 36.4 Å². The molecule has 2 aromatic carbocycles. The molecule has 33 heavy (non-hydrogen) atoms. The summed E-state index contributed by atoms with van der Waals surface area (Å²) in [6, 6.07) is 4.40. The molecule has 1 N–H and O–H groups in total. The number of nitrogens with zero attached hydrogens (tertiary/aromatic N) is 2. The molecule has 1 aliphatic heterocycles. The Bertz CT molecular complexity index is 988. The Labute approximate surface area is 186 Å². The van der Waals surface area contributed by atoms with Crippen LogP contribution in [-0.2, 0) is 18.9 Å².